The predicted molar refractivity (Wildman–Crippen MR) is 98.2 cm³/mol. The van der Waals surface area contributed by atoms with Crippen LogP contribution in [0.2, 0.25) is 0 Å². The van der Waals surface area contributed by atoms with Gasteiger partial charge in [0, 0.05) is 23.8 Å². The summed E-state index contributed by atoms with van der Waals surface area (Å²) in [7, 11) is -3.79. The van der Waals surface area contributed by atoms with Crippen molar-refractivity contribution in [2.45, 2.75) is 17.9 Å². The number of pyridine rings is 1. The third-order valence-electron chi connectivity index (χ3n) is 3.89. The van der Waals surface area contributed by atoms with Gasteiger partial charge in [-0.3, -0.25) is 4.18 Å². The van der Waals surface area contributed by atoms with E-state index in [-0.39, 0.29) is 17.6 Å². The van der Waals surface area contributed by atoms with Gasteiger partial charge >= 0.3 is 0 Å². The van der Waals surface area contributed by atoms with Gasteiger partial charge in [-0.2, -0.15) is 8.42 Å². The van der Waals surface area contributed by atoms with Crippen LogP contribution in [0.15, 0.2) is 52.0 Å². The Morgan fingerprint density at radius 1 is 1.32 bits per heavy atom. The van der Waals surface area contributed by atoms with Crippen LogP contribution in [0, 0.1) is 6.92 Å². The fourth-order valence-electron chi connectivity index (χ4n) is 2.53. The summed E-state index contributed by atoms with van der Waals surface area (Å²) in [6, 6.07) is 10.4. The maximum absolute atomic E-state index is 12.3. The Hall–Kier alpha value is -1.48. The molecule has 25 heavy (non-hydrogen) atoms. The molecule has 1 saturated heterocycles. The second-order valence-electron chi connectivity index (χ2n) is 5.82. The molecule has 0 unspecified atom stereocenters. The molecule has 0 amide bonds. The third kappa shape index (κ3) is 4.78. The fraction of sp³-hybridized carbons (Fsp3) is 0.353. The summed E-state index contributed by atoms with van der Waals surface area (Å²) in [5, 5.41) is 0. The van der Waals surface area contributed by atoms with Crippen molar-refractivity contribution in [1.82, 2.24) is 4.98 Å². The zero-order valence-electron chi connectivity index (χ0n) is 13.8. The predicted octanol–water partition coefficient (Wildman–Crippen LogP) is 2.76. The Morgan fingerprint density at radius 2 is 2.08 bits per heavy atom. The number of halogens is 1. The van der Waals surface area contributed by atoms with E-state index in [9.17, 15) is 8.42 Å². The van der Waals surface area contributed by atoms with E-state index < -0.39 is 10.1 Å². The van der Waals surface area contributed by atoms with Gasteiger partial charge in [-0.05, 0) is 31.2 Å². The van der Waals surface area contributed by atoms with E-state index >= 15 is 0 Å². The van der Waals surface area contributed by atoms with Gasteiger partial charge in [0.2, 0.25) is 0 Å². The van der Waals surface area contributed by atoms with Gasteiger partial charge in [0.05, 0.1) is 24.2 Å². The molecular formula is C17H19BrN2O4S. The number of aryl methyl sites for hydroxylation is 1. The molecule has 134 valence electrons. The first-order chi connectivity index (χ1) is 11.9. The Kier molecular flexibility index (Phi) is 5.73. The van der Waals surface area contributed by atoms with Gasteiger partial charge in [-0.15, -0.1) is 0 Å². The van der Waals surface area contributed by atoms with Crippen LogP contribution < -0.4 is 4.90 Å². The first-order valence-electron chi connectivity index (χ1n) is 7.88. The number of anilines is 1. The van der Waals surface area contributed by atoms with Crippen molar-refractivity contribution in [2.24, 2.45) is 0 Å². The molecule has 2 heterocycles. The summed E-state index contributed by atoms with van der Waals surface area (Å²) in [4.78, 5) is 6.55. The summed E-state index contributed by atoms with van der Waals surface area (Å²) >= 11 is 3.43. The minimum Gasteiger partial charge on any atom is -0.372 e. The van der Waals surface area contributed by atoms with E-state index in [1.807, 2.05) is 19.1 Å². The van der Waals surface area contributed by atoms with Crippen LogP contribution in [-0.2, 0) is 19.0 Å². The van der Waals surface area contributed by atoms with Crippen LogP contribution >= 0.6 is 15.9 Å². The molecule has 1 aromatic heterocycles. The quantitative estimate of drug-likeness (QED) is 0.684. The molecule has 0 saturated carbocycles. The SMILES string of the molecule is Cc1ccc(S(=O)(=O)OC[C@@H]2CN(c3cc(Br)ccn3)CCO2)cc1. The fourth-order valence-corrected chi connectivity index (χ4v) is 3.79. The van der Waals surface area contributed by atoms with Gasteiger partial charge in [0.15, 0.2) is 0 Å². The van der Waals surface area contributed by atoms with Crippen molar-refractivity contribution >= 4 is 31.9 Å². The standard InChI is InChI=1S/C17H19BrN2O4S/c1-13-2-4-16(5-3-13)25(21,22)24-12-15-11-20(8-9-23-15)17-10-14(18)6-7-19-17/h2-7,10,15H,8-9,11-12H2,1H3/t15-/m0/s1. The maximum Gasteiger partial charge on any atom is 0.297 e. The zero-order chi connectivity index (χ0) is 17.9. The number of nitrogens with zero attached hydrogens (tertiary/aromatic N) is 2. The lowest BCUT2D eigenvalue weighted by Crippen LogP contribution is -2.45. The number of ether oxygens (including phenoxy) is 1. The van der Waals surface area contributed by atoms with Crippen LogP contribution in [0.5, 0.6) is 0 Å². The molecule has 0 spiro atoms. The molecule has 0 radical (unpaired) electrons. The number of hydrogen-bond donors (Lipinski definition) is 0. The topological polar surface area (TPSA) is 68.7 Å². The first-order valence-corrected chi connectivity index (χ1v) is 10.1. The Labute approximate surface area is 156 Å². The van der Waals surface area contributed by atoms with Gasteiger partial charge in [-0.25, -0.2) is 4.98 Å². The van der Waals surface area contributed by atoms with E-state index in [4.69, 9.17) is 8.92 Å². The number of aromatic nitrogens is 1. The van der Waals surface area contributed by atoms with Crippen molar-refractivity contribution in [3.05, 3.63) is 52.6 Å². The molecule has 1 fully saturated rings. The summed E-state index contributed by atoms with van der Waals surface area (Å²) in [6.07, 6.45) is 1.39. The molecule has 0 bridgehead atoms. The third-order valence-corrected chi connectivity index (χ3v) is 5.68. The minimum atomic E-state index is -3.79. The van der Waals surface area contributed by atoms with Crippen molar-refractivity contribution in [3.8, 4) is 0 Å². The number of rotatable bonds is 5. The lowest BCUT2D eigenvalue weighted by molar-refractivity contribution is 0.0115. The molecular weight excluding hydrogens is 408 g/mol. The van der Waals surface area contributed by atoms with Gasteiger partial charge in [0.25, 0.3) is 10.1 Å². The van der Waals surface area contributed by atoms with E-state index in [1.54, 1.807) is 30.5 Å². The Morgan fingerprint density at radius 3 is 2.80 bits per heavy atom. The van der Waals surface area contributed by atoms with E-state index in [2.05, 4.69) is 25.8 Å². The van der Waals surface area contributed by atoms with Crippen LogP contribution in [0.3, 0.4) is 0 Å². The molecule has 0 aliphatic carbocycles. The molecule has 6 nitrogen and oxygen atoms in total. The maximum atomic E-state index is 12.3. The van der Waals surface area contributed by atoms with Crippen molar-refractivity contribution in [3.63, 3.8) is 0 Å². The van der Waals surface area contributed by atoms with Crippen molar-refractivity contribution < 1.29 is 17.3 Å². The second kappa shape index (κ2) is 7.82. The number of morpholine rings is 1. The number of benzene rings is 1. The Bertz CT molecular complexity index is 827. The smallest absolute Gasteiger partial charge is 0.297 e. The zero-order valence-corrected chi connectivity index (χ0v) is 16.2. The summed E-state index contributed by atoms with van der Waals surface area (Å²) in [5.74, 6) is 0.823. The average molecular weight is 427 g/mol. The van der Waals surface area contributed by atoms with E-state index in [0.29, 0.717) is 19.7 Å². The molecule has 0 N–H and O–H groups in total. The van der Waals surface area contributed by atoms with Crippen molar-refractivity contribution in [2.75, 3.05) is 31.2 Å². The average Bonchev–Trinajstić information content (AvgIpc) is 2.61. The lowest BCUT2D eigenvalue weighted by Gasteiger charge is -2.33. The summed E-state index contributed by atoms with van der Waals surface area (Å²) in [6.45, 7) is 3.59. The van der Waals surface area contributed by atoms with Crippen LogP contribution in [-0.4, -0.2) is 45.8 Å². The summed E-state index contributed by atoms with van der Waals surface area (Å²) < 4.78 is 36.3. The highest BCUT2D eigenvalue weighted by Crippen LogP contribution is 2.20. The van der Waals surface area contributed by atoms with Crippen LogP contribution in [0.4, 0.5) is 5.82 Å². The normalized spacial score (nSPS) is 18.3. The molecule has 1 aliphatic rings. The van der Waals surface area contributed by atoms with Crippen molar-refractivity contribution in [1.29, 1.82) is 0 Å². The molecule has 1 atom stereocenters. The van der Waals surface area contributed by atoms with Crippen LogP contribution in [0.25, 0.3) is 0 Å². The monoisotopic (exact) mass is 426 g/mol. The number of hydrogen-bond acceptors (Lipinski definition) is 6. The highest BCUT2D eigenvalue weighted by molar-refractivity contribution is 9.10. The second-order valence-corrected chi connectivity index (χ2v) is 8.35. The van der Waals surface area contributed by atoms with E-state index in [0.717, 1.165) is 15.9 Å². The summed E-state index contributed by atoms with van der Waals surface area (Å²) in [5.41, 5.74) is 0.992. The molecule has 8 heteroatoms. The molecule has 2 aromatic rings. The van der Waals surface area contributed by atoms with Gasteiger partial charge in [-0.1, -0.05) is 33.6 Å². The van der Waals surface area contributed by atoms with E-state index in [1.165, 1.54) is 0 Å². The minimum absolute atomic E-state index is 0.0271. The highest BCUT2D eigenvalue weighted by atomic mass is 79.9. The molecule has 1 aliphatic heterocycles. The largest absolute Gasteiger partial charge is 0.372 e. The van der Waals surface area contributed by atoms with Gasteiger partial charge < -0.3 is 9.64 Å². The Balaban J connectivity index is 1.62. The molecule has 3 rings (SSSR count). The highest BCUT2D eigenvalue weighted by Gasteiger charge is 2.25. The molecule has 1 aromatic carbocycles. The van der Waals surface area contributed by atoms with Gasteiger partial charge in [0.1, 0.15) is 5.82 Å². The first kappa shape index (κ1) is 18.3. The van der Waals surface area contributed by atoms with Crippen LogP contribution in [0.1, 0.15) is 5.56 Å². The lowest BCUT2D eigenvalue weighted by atomic mass is 10.2.